The summed E-state index contributed by atoms with van der Waals surface area (Å²) in [5.41, 5.74) is 4.49. The number of morpholine rings is 1. The molecule has 0 spiro atoms. The number of aromatic nitrogens is 3. The van der Waals surface area contributed by atoms with Crippen LogP contribution in [0.3, 0.4) is 0 Å². The Morgan fingerprint density at radius 3 is 2.61 bits per heavy atom. The van der Waals surface area contributed by atoms with Gasteiger partial charge in [0.05, 0.1) is 35.6 Å². The third-order valence-electron chi connectivity index (χ3n) is 6.99. The zero-order valence-corrected chi connectivity index (χ0v) is 22.8. The summed E-state index contributed by atoms with van der Waals surface area (Å²) in [6.45, 7) is 10.2. The van der Waals surface area contributed by atoms with Crippen LogP contribution in [-0.2, 0) is 22.5 Å². The third kappa shape index (κ3) is 4.32. The highest BCUT2D eigenvalue weighted by Crippen LogP contribution is 2.45. The van der Waals surface area contributed by atoms with E-state index in [1.807, 2.05) is 12.3 Å². The minimum Gasteiger partial charge on any atom is -0.378 e. The van der Waals surface area contributed by atoms with E-state index in [9.17, 15) is 0 Å². The number of hydrogen-bond donors (Lipinski definition) is 1. The highest BCUT2D eigenvalue weighted by atomic mass is 32.2. The molecule has 36 heavy (non-hydrogen) atoms. The van der Waals surface area contributed by atoms with Crippen molar-refractivity contribution in [2.75, 3.05) is 42.8 Å². The van der Waals surface area contributed by atoms with Crippen LogP contribution in [0.15, 0.2) is 35.5 Å². The fraction of sp³-hybridized carbons (Fsp3) is 0.444. The molecule has 5 heterocycles. The molecule has 4 aromatic rings. The van der Waals surface area contributed by atoms with Crippen molar-refractivity contribution in [3.8, 4) is 0 Å². The van der Waals surface area contributed by atoms with E-state index >= 15 is 0 Å². The Hall–Kier alpha value is -2.46. The molecule has 2 aliphatic rings. The molecule has 1 N–H and O–H groups in total. The van der Waals surface area contributed by atoms with Crippen LogP contribution in [0.2, 0.25) is 0 Å². The molecule has 3 aromatic heterocycles. The van der Waals surface area contributed by atoms with E-state index in [4.69, 9.17) is 24.4 Å². The first-order chi connectivity index (χ1) is 17.4. The van der Waals surface area contributed by atoms with E-state index in [1.54, 1.807) is 23.1 Å². The van der Waals surface area contributed by atoms with Crippen molar-refractivity contribution in [1.29, 1.82) is 0 Å². The van der Waals surface area contributed by atoms with Gasteiger partial charge in [0.15, 0.2) is 5.16 Å². The Balaban J connectivity index is 1.56. The number of benzene rings is 1. The third-order valence-corrected chi connectivity index (χ3v) is 8.62. The summed E-state index contributed by atoms with van der Waals surface area (Å²) in [6, 6.07) is 10.6. The summed E-state index contributed by atoms with van der Waals surface area (Å²) in [5.74, 6) is 1.91. The van der Waals surface area contributed by atoms with Gasteiger partial charge in [0.1, 0.15) is 16.5 Å². The van der Waals surface area contributed by atoms with Crippen molar-refractivity contribution >= 4 is 55.2 Å². The van der Waals surface area contributed by atoms with E-state index < -0.39 is 0 Å². The van der Waals surface area contributed by atoms with Gasteiger partial charge < -0.3 is 19.7 Å². The van der Waals surface area contributed by atoms with Crippen molar-refractivity contribution in [3.05, 3.63) is 47.0 Å². The van der Waals surface area contributed by atoms with Crippen molar-refractivity contribution in [2.45, 2.75) is 50.6 Å². The number of nitrogens with one attached hydrogen (secondary N) is 1. The second kappa shape index (κ2) is 9.45. The van der Waals surface area contributed by atoms with Crippen molar-refractivity contribution in [2.24, 2.45) is 0 Å². The van der Waals surface area contributed by atoms with Gasteiger partial charge in [-0.15, -0.1) is 11.3 Å². The van der Waals surface area contributed by atoms with Crippen LogP contribution < -0.4 is 10.2 Å². The summed E-state index contributed by atoms with van der Waals surface area (Å²) in [7, 11) is 0. The average molecular weight is 522 g/mol. The molecular weight excluding hydrogens is 490 g/mol. The topological polar surface area (TPSA) is 72.4 Å². The smallest absolute Gasteiger partial charge is 0.189 e. The van der Waals surface area contributed by atoms with Crippen LogP contribution in [0.1, 0.15) is 43.5 Å². The molecule has 0 saturated carbocycles. The van der Waals surface area contributed by atoms with Gasteiger partial charge in [-0.25, -0.2) is 15.0 Å². The summed E-state index contributed by atoms with van der Waals surface area (Å²) >= 11 is 3.26. The lowest BCUT2D eigenvalue weighted by Gasteiger charge is -2.36. The average Bonchev–Trinajstić information content (AvgIpc) is 3.27. The normalized spacial score (nSPS) is 18.4. The first-order valence-corrected chi connectivity index (χ1v) is 14.5. The fourth-order valence-electron chi connectivity index (χ4n) is 5.09. The van der Waals surface area contributed by atoms with E-state index in [0.29, 0.717) is 6.61 Å². The van der Waals surface area contributed by atoms with Crippen molar-refractivity contribution in [3.63, 3.8) is 0 Å². The Kier molecular flexibility index (Phi) is 6.27. The predicted octanol–water partition coefficient (Wildman–Crippen LogP) is 5.82. The first-order valence-electron chi connectivity index (χ1n) is 12.4. The maximum absolute atomic E-state index is 6.29. The zero-order chi connectivity index (χ0) is 24.9. The summed E-state index contributed by atoms with van der Waals surface area (Å²) < 4.78 is 13.0. The maximum atomic E-state index is 6.29. The van der Waals surface area contributed by atoms with Gasteiger partial charge in [0.2, 0.25) is 0 Å². The Morgan fingerprint density at radius 2 is 1.86 bits per heavy atom. The number of rotatable bonds is 5. The van der Waals surface area contributed by atoms with Crippen molar-refractivity contribution < 1.29 is 9.47 Å². The number of thioether (sulfide) groups is 1. The van der Waals surface area contributed by atoms with Gasteiger partial charge in [0.25, 0.3) is 0 Å². The van der Waals surface area contributed by atoms with Gasteiger partial charge in [-0.1, -0.05) is 42.1 Å². The molecule has 0 unspecified atom stereocenters. The molecule has 1 atom stereocenters. The number of anilines is 2. The number of thiophene rings is 1. The lowest BCUT2D eigenvalue weighted by atomic mass is 9.90. The van der Waals surface area contributed by atoms with Crippen LogP contribution in [0.5, 0.6) is 0 Å². The molecule has 0 radical (unpaired) electrons. The lowest BCUT2D eigenvalue weighted by Crippen LogP contribution is -2.39. The minimum absolute atomic E-state index is 0.113. The van der Waals surface area contributed by atoms with Gasteiger partial charge >= 0.3 is 0 Å². The molecular formula is C27H31N5O2S2. The highest BCUT2D eigenvalue weighted by molar-refractivity contribution is 7.98. The van der Waals surface area contributed by atoms with E-state index in [-0.39, 0.29) is 11.6 Å². The molecule has 0 bridgehead atoms. The van der Waals surface area contributed by atoms with Crippen LogP contribution in [0.4, 0.5) is 11.6 Å². The summed E-state index contributed by atoms with van der Waals surface area (Å²) in [4.78, 5) is 18.5. The van der Waals surface area contributed by atoms with Gasteiger partial charge in [-0.2, -0.15) is 0 Å². The Bertz CT molecular complexity index is 1420. The molecule has 9 heteroatoms. The number of ether oxygens (including phenoxy) is 2. The quantitative estimate of drug-likeness (QED) is 0.260. The van der Waals surface area contributed by atoms with Gasteiger partial charge in [-0.05, 0) is 38.2 Å². The lowest BCUT2D eigenvalue weighted by molar-refractivity contribution is -0.0396. The minimum atomic E-state index is -0.240. The van der Waals surface area contributed by atoms with Gasteiger partial charge in [-0.3, -0.25) is 0 Å². The summed E-state index contributed by atoms with van der Waals surface area (Å²) in [5, 5.41) is 5.60. The van der Waals surface area contributed by atoms with Crippen LogP contribution in [-0.4, -0.2) is 53.1 Å². The number of fused-ring (bicyclic) bond motifs is 5. The molecule has 6 rings (SSSR count). The monoisotopic (exact) mass is 521 g/mol. The summed E-state index contributed by atoms with van der Waals surface area (Å²) in [6.07, 6.45) is 2.85. The molecule has 188 valence electrons. The zero-order valence-electron chi connectivity index (χ0n) is 21.1. The maximum Gasteiger partial charge on any atom is 0.189 e. The fourth-order valence-corrected chi connectivity index (χ4v) is 6.55. The van der Waals surface area contributed by atoms with Gasteiger partial charge in [0, 0.05) is 36.5 Å². The molecule has 1 aromatic carbocycles. The standard InChI is InChI=1S/C27H31N5O2S2/c1-16(17-8-6-5-7-9-17)28-23-22-21(29-26(30-23)35-4)20-18-14-27(2,3)34-15-19(18)24(31-25(20)36-22)32-10-12-33-13-11-32/h5-9,16H,10-15H2,1-4H3,(H,28,29,30)/t16-/m1/s1. The second-order valence-corrected chi connectivity index (χ2v) is 11.8. The highest BCUT2D eigenvalue weighted by Gasteiger charge is 2.33. The Morgan fingerprint density at radius 1 is 1.08 bits per heavy atom. The van der Waals surface area contributed by atoms with E-state index in [1.165, 1.54) is 16.7 Å². The van der Waals surface area contributed by atoms with E-state index in [0.717, 1.165) is 69.9 Å². The Labute approximate surface area is 219 Å². The largest absolute Gasteiger partial charge is 0.378 e. The molecule has 1 saturated heterocycles. The molecule has 1 fully saturated rings. The van der Waals surface area contributed by atoms with E-state index in [2.05, 4.69) is 55.3 Å². The number of nitrogens with zero attached hydrogens (tertiary/aromatic N) is 4. The van der Waals surface area contributed by atoms with Crippen LogP contribution in [0.25, 0.3) is 20.4 Å². The predicted molar refractivity (Wildman–Crippen MR) is 149 cm³/mol. The molecule has 0 aliphatic carbocycles. The van der Waals surface area contributed by atoms with Crippen LogP contribution in [0, 0.1) is 0 Å². The SMILES string of the molecule is CSc1nc(N[C@H](C)c2ccccc2)c2sc3nc(N4CCOCC4)c4c(c3c2n1)CC(C)(C)OC4. The molecule has 2 aliphatic heterocycles. The van der Waals surface area contributed by atoms with Crippen molar-refractivity contribution in [1.82, 2.24) is 15.0 Å². The number of hydrogen-bond acceptors (Lipinski definition) is 9. The molecule has 7 nitrogen and oxygen atoms in total. The van der Waals surface area contributed by atoms with Crippen LogP contribution >= 0.6 is 23.1 Å². The first kappa shape index (κ1) is 23.9. The second-order valence-electron chi connectivity index (χ2n) is 10.0. The number of pyridine rings is 1. The molecule has 0 amide bonds.